The minimum atomic E-state index is 0.878. The Kier molecular flexibility index (Phi) is 50.2. The summed E-state index contributed by atoms with van der Waals surface area (Å²) in [5.41, 5.74) is 0. The first kappa shape index (κ1) is 18.5. The highest BCUT2D eigenvalue weighted by Gasteiger charge is 1.58. The van der Waals surface area contributed by atoms with E-state index in [0.717, 1.165) is 23.0 Å². The molecule has 72 valence electrons. The molecular formula is C6H18S5. The minimum Gasteiger partial charge on any atom is -0.179 e. The van der Waals surface area contributed by atoms with Gasteiger partial charge < -0.3 is 0 Å². The van der Waals surface area contributed by atoms with E-state index in [2.05, 4.69) is 50.5 Å². The van der Waals surface area contributed by atoms with Crippen molar-refractivity contribution < 1.29 is 0 Å². The summed E-state index contributed by atoms with van der Waals surface area (Å²) >= 11 is 17.1. The topological polar surface area (TPSA) is 0 Å². The maximum absolute atomic E-state index is 3.84. The molecule has 0 aromatic rings. The van der Waals surface area contributed by atoms with E-state index >= 15 is 0 Å². The van der Waals surface area contributed by atoms with Gasteiger partial charge in [-0.3, -0.25) is 0 Å². The summed E-state index contributed by atoms with van der Waals surface area (Å²) < 4.78 is 0. The van der Waals surface area contributed by atoms with Crippen LogP contribution in [0.3, 0.4) is 0 Å². The molecule has 0 heterocycles. The van der Waals surface area contributed by atoms with E-state index in [9.17, 15) is 0 Å². The Labute approximate surface area is 97.3 Å². The lowest BCUT2D eigenvalue weighted by Crippen LogP contribution is -1.64. The maximum Gasteiger partial charge on any atom is -0.000932 e. The summed E-state index contributed by atoms with van der Waals surface area (Å²) in [4.78, 5) is 0. The summed E-state index contributed by atoms with van der Waals surface area (Å²) in [5.74, 6) is 3.51. The lowest BCUT2D eigenvalue weighted by molar-refractivity contribution is 1.59. The van der Waals surface area contributed by atoms with Crippen LogP contribution in [0.2, 0.25) is 0 Å². The summed E-state index contributed by atoms with van der Waals surface area (Å²) in [6.07, 6.45) is 4.08. The first-order valence-corrected chi connectivity index (χ1v) is 7.24. The fraction of sp³-hybridized carbons (Fsp3) is 1.00. The zero-order valence-corrected chi connectivity index (χ0v) is 11.4. The van der Waals surface area contributed by atoms with Crippen molar-refractivity contribution >= 4 is 62.3 Å². The van der Waals surface area contributed by atoms with Gasteiger partial charge in [0, 0.05) is 0 Å². The zero-order valence-electron chi connectivity index (χ0n) is 7.03. The highest BCUT2D eigenvalue weighted by Crippen LogP contribution is 1.73. The quantitative estimate of drug-likeness (QED) is 0.547. The Morgan fingerprint density at radius 3 is 0.818 bits per heavy atom. The Morgan fingerprint density at radius 2 is 0.818 bits per heavy atom. The van der Waals surface area contributed by atoms with Gasteiger partial charge in [-0.15, -0.1) is 0 Å². The molecule has 0 bridgehead atoms. The first-order valence-electron chi connectivity index (χ1n) is 3.08. The van der Waals surface area contributed by atoms with Gasteiger partial charge in [0.15, 0.2) is 0 Å². The smallest absolute Gasteiger partial charge is 0.000932 e. The zero-order chi connectivity index (χ0) is 9.54. The fourth-order valence-electron chi connectivity index (χ4n) is 0. The van der Waals surface area contributed by atoms with Gasteiger partial charge in [0.2, 0.25) is 0 Å². The number of thioether (sulfide) groups is 1. The third-order valence-electron chi connectivity index (χ3n) is 0.200. The van der Waals surface area contributed by atoms with E-state index < -0.39 is 0 Å². The number of hydrogen-bond donors (Lipinski definition) is 4. The molecule has 0 fully saturated rings. The van der Waals surface area contributed by atoms with Gasteiger partial charge >= 0.3 is 0 Å². The van der Waals surface area contributed by atoms with E-state index in [4.69, 9.17) is 0 Å². The van der Waals surface area contributed by atoms with Crippen molar-refractivity contribution in [3.05, 3.63) is 0 Å². The van der Waals surface area contributed by atoms with Crippen LogP contribution in [-0.2, 0) is 0 Å². The van der Waals surface area contributed by atoms with Crippen LogP contribution in [0.4, 0.5) is 0 Å². The molecule has 11 heavy (non-hydrogen) atoms. The van der Waals surface area contributed by atoms with Crippen molar-refractivity contribution in [2.45, 2.75) is 0 Å². The van der Waals surface area contributed by atoms with Crippen LogP contribution in [0.5, 0.6) is 0 Å². The van der Waals surface area contributed by atoms with Gasteiger partial charge in [-0.2, -0.15) is 62.3 Å². The molecule has 0 saturated heterocycles. The molecule has 0 spiro atoms. The van der Waals surface area contributed by atoms with Crippen LogP contribution in [0.25, 0.3) is 0 Å². The lowest BCUT2D eigenvalue weighted by atomic mass is 11.0. The second kappa shape index (κ2) is 29.8. The average Bonchev–Trinajstić information content (AvgIpc) is 2.06. The molecule has 0 atom stereocenters. The van der Waals surface area contributed by atoms with Crippen LogP contribution < -0.4 is 0 Å². The van der Waals surface area contributed by atoms with Gasteiger partial charge in [0.05, 0.1) is 0 Å². The molecule has 0 aliphatic rings. The van der Waals surface area contributed by atoms with E-state index in [1.807, 2.05) is 12.5 Å². The van der Waals surface area contributed by atoms with Crippen LogP contribution in [0, 0.1) is 0 Å². The molecule has 0 rings (SSSR count). The predicted molar refractivity (Wildman–Crippen MR) is 74.9 cm³/mol. The van der Waals surface area contributed by atoms with Crippen molar-refractivity contribution in [3.8, 4) is 0 Å². The Hall–Kier alpha value is 1.75. The van der Waals surface area contributed by atoms with Crippen LogP contribution in [0.15, 0.2) is 0 Å². The van der Waals surface area contributed by atoms with Gasteiger partial charge in [-0.25, -0.2) is 0 Å². The Morgan fingerprint density at radius 1 is 0.727 bits per heavy atom. The lowest BCUT2D eigenvalue weighted by Gasteiger charge is -1.67. The second-order valence-electron chi connectivity index (χ2n) is 1.30. The molecule has 0 saturated carbocycles. The minimum absolute atomic E-state index is 0.878. The van der Waals surface area contributed by atoms with E-state index in [0.29, 0.717) is 0 Å². The molecule has 0 aromatic heterocycles. The van der Waals surface area contributed by atoms with Gasteiger partial charge in [-0.05, 0) is 35.5 Å². The normalized spacial score (nSPS) is 7.09. The summed E-state index contributed by atoms with van der Waals surface area (Å²) in [5, 5.41) is 0. The fourth-order valence-corrected chi connectivity index (χ4v) is 0. The summed E-state index contributed by atoms with van der Waals surface area (Å²) in [6.45, 7) is 0. The largest absolute Gasteiger partial charge is 0.179 e. The number of thiol groups is 4. The Balaban J connectivity index is -0.0000000886. The Bertz CT molecular complexity index is 26.2. The SMILES string of the molecule is CSC.SCCS.SCCS. The highest BCUT2D eigenvalue weighted by molar-refractivity contribution is 7.97. The van der Waals surface area contributed by atoms with Crippen LogP contribution in [0.1, 0.15) is 0 Å². The number of rotatable bonds is 2. The third kappa shape index (κ3) is 79.4. The molecule has 0 nitrogen and oxygen atoms in total. The van der Waals surface area contributed by atoms with Crippen LogP contribution >= 0.6 is 62.3 Å². The molecule has 0 aromatic carbocycles. The summed E-state index contributed by atoms with van der Waals surface area (Å²) in [6, 6.07) is 0. The van der Waals surface area contributed by atoms with Gasteiger partial charge in [0.25, 0.3) is 0 Å². The van der Waals surface area contributed by atoms with E-state index in [1.54, 1.807) is 11.8 Å². The van der Waals surface area contributed by atoms with Crippen molar-refractivity contribution in [1.29, 1.82) is 0 Å². The second-order valence-corrected chi connectivity index (χ2v) is 3.91. The standard InChI is InChI=1S/2C2H6S2.C2H6S/c2*3-1-2-4;1-3-2/h2*3-4H,1-2H2;1-2H3. The molecule has 0 amide bonds. The molecule has 0 N–H and O–H groups in total. The predicted octanol–water partition coefficient (Wildman–Crippen LogP) is 2.67. The first-order chi connectivity index (χ1) is 5.24. The van der Waals surface area contributed by atoms with Gasteiger partial charge in [-0.1, -0.05) is 0 Å². The highest BCUT2D eigenvalue weighted by atomic mass is 32.2. The molecule has 5 heteroatoms. The third-order valence-corrected chi connectivity index (χ3v) is 1.80. The van der Waals surface area contributed by atoms with Crippen molar-refractivity contribution in [2.24, 2.45) is 0 Å². The van der Waals surface area contributed by atoms with Crippen molar-refractivity contribution in [1.82, 2.24) is 0 Å². The maximum atomic E-state index is 3.84. The van der Waals surface area contributed by atoms with Crippen molar-refractivity contribution in [2.75, 3.05) is 35.5 Å². The molecule has 0 unspecified atom stereocenters. The number of hydrogen-bond acceptors (Lipinski definition) is 5. The molecule has 0 aliphatic heterocycles. The van der Waals surface area contributed by atoms with Crippen LogP contribution in [-0.4, -0.2) is 35.5 Å². The van der Waals surface area contributed by atoms with Gasteiger partial charge in [0.1, 0.15) is 0 Å². The van der Waals surface area contributed by atoms with E-state index in [1.165, 1.54) is 0 Å². The van der Waals surface area contributed by atoms with Crippen molar-refractivity contribution in [3.63, 3.8) is 0 Å². The molecule has 0 radical (unpaired) electrons. The molecule has 0 aliphatic carbocycles. The average molecular weight is 251 g/mol. The van der Waals surface area contributed by atoms with E-state index in [-0.39, 0.29) is 0 Å². The molecular weight excluding hydrogens is 232 g/mol. The summed E-state index contributed by atoms with van der Waals surface area (Å²) in [7, 11) is 0. The monoisotopic (exact) mass is 250 g/mol.